The van der Waals surface area contributed by atoms with Gasteiger partial charge in [0.2, 0.25) is 0 Å². The maximum absolute atomic E-state index is 10.1. The van der Waals surface area contributed by atoms with Gasteiger partial charge in [0.1, 0.15) is 6.10 Å². The minimum Gasteiger partial charge on any atom is -0.389 e. The molecule has 0 amide bonds. The Morgan fingerprint density at radius 2 is 2.31 bits per heavy atom. The van der Waals surface area contributed by atoms with E-state index < -0.39 is 6.10 Å². The maximum Gasteiger partial charge on any atom is 0.194 e. The fourth-order valence-corrected chi connectivity index (χ4v) is 2.76. The molecular weight excluding hydrogens is 334 g/mol. The summed E-state index contributed by atoms with van der Waals surface area (Å²) in [6, 6.07) is 0. The average Bonchev–Trinajstić information content (AvgIpc) is 3.05. The van der Waals surface area contributed by atoms with Gasteiger partial charge in [0.25, 0.3) is 0 Å². The van der Waals surface area contributed by atoms with E-state index >= 15 is 0 Å². The standard InChI is InChI=1S/C18H33N5O3/c1-5-19-18(20-9-16(24)13-25-12-14(2)3)23-6-7-26-17(11-23)15-8-21-22(4)10-15/h8,10,14,16-17,24H,5-7,9,11-13H2,1-4H3,(H,19,20). The van der Waals surface area contributed by atoms with Gasteiger partial charge >= 0.3 is 0 Å². The number of guanidine groups is 1. The Kier molecular flexibility index (Phi) is 8.34. The van der Waals surface area contributed by atoms with Crippen LogP contribution in [0.5, 0.6) is 0 Å². The summed E-state index contributed by atoms with van der Waals surface area (Å²) in [5, 5.41) is 17.6. The van der Waals surface area contributed by atoms with Crippen molar-refractivity contribution in [2.45, 2.75) is 33.0 Å². The molecule has 2 atom stereocenters. The van der Waals surface area contributed by atoms with Crippen LogP contribution in [0.15, 0.2) is 17.4 Å². The smallest absolute Gasteiger partial charge is 0.194 e. The number of morpholine rings is 1. The van der Waals surface area contributed by atoms with Crippen LogP contribution in [0.1, 0.15) is 32.4 Å². The zero-order chi connectivity index (χ0) is 18.9. The third-order valence-electron chi connectivity index (χ3n) is 4.01. The van der Waals surface area contributed by atoms with Crippen LogP contribution < -0.4 is 5.32 Å². The van der Waals surface area contributed by atoms with Crippen LogP contribution in [-0.2, 0) is 16.5 Å². The summed E-state index contributed by atoms with van der Waals surface area (Å²) in [7, 11) is 1.90. The highest BCUT2D eigenvalue weighted by Crippen LogP contribution is 2.21. The van der Waals surface area contributed by atoms with E-state index in [4.69, 9.17) is 9.47 Å². The second kappa shape index (κ2) is 10.5. The average molecular weight is 367 g/mol. The van der Waals surface area contributed by atoms with Crippen LogP contribution in [-0.4, -0.2) is 77.9 Å². The van der Waals surface area contributed by atoms with Crippen molar-refractivity contribution < 1.29 is 14.6 Å². The monoisotopic (exact) mass is 367 g/mol. The third kappa shape index (κ3) is 6.59. The van der Waals surface area contributed by atoms with Crippen molar-refractivity contribution in [2.24, 2.45) is 18.0 Å². The van der Waals surface area contributed by atoms with E-state index in [1.54, 1.807) is 4.68 Å². The highest BCUT2D eigenvalue weighted by atomic mass is 16.5. The zero-order valence-corrected chi connectivity index (χ0v) is 16.4. The van der Waals surface area contributed by atoms with Gasteiger partial charge in [-0.3, -0.25) is 9.67 Å². The molecule has 0 bridgehead atoms. The van der Waals surface area contributed by atoms with E-state index in [1.165, 1.54) is 0 Å². The summed E-state index contributed by atoms with van der Waals surface area (Å²) in [6.07, 6.45) is 3.19. The van der Waals surface area contributed by atoms with E-state index in [0.717, 1.165) is 24.6 Å². The van der Waals surface area contributed by atoms with Crippen molar-refractivity contribution in [3.63, 3.8) is 0 Å². The van der Waals surface area contributed by atoms with Crippen molar-refractivity contribution in [1.82, 2.24) is 20.0 Å². The number of aryl methyl sites for hydroxylation is 1. The molecule has 1 aromatic rings. The lowest BCUT2D eigenvalue weighted by atomic mass is 10.1. The van der Waals surface area contributed by atoms with Crippen LogP contribution in [0.4, 0.5) is 0 Å². The molecule has 2 rings (SSSR count). The number of rotatable bonds is 8. The van der Waals surface area contributed by atoms with Gasteiger partial charge in [0.05, 0.1) is 38.6 Å². The number of aliphatic imine (C=N–C) groups is 1. The Morgan fingerprint density at radius 3 is 2.96 bits per heavy atom. The number of hydrogen-bond donors (Lipinski definition) is 2. The predicted molar refractivity (Wildman–Crippen MR) is 101 cm³/mol. The molecule has 8 heteroatoms. The zero-order valence-electron chi connectivity index (χ0n) is 16.4. The van der Waals surface area contributed by atoms with E-state index in [1.807, 2.05) is 26.4 Å². The van der Waals surface area contributed by atoms with E-state index in [2.05, 4.69) is 34.2 Å². The lowest BCUT2D eigenvalue weighted by Gasteiger charge is -2.35. The number of aliphatic hydroxyl groups excluding tert-OH is 1. The number of hydrogen-bond acceptors (Lipinski definition) is 5. The molecule has 0 spiro atoms. The van der Waals surface area contributed by atoms with E-state index in [-0.39, 0.29) is 6.10 Å². The Balaban J connectivity index is 1.92. The second-order valence-electron chi connectivity index (χ2n) is 7.03. The summed E-state index contributed by atoms with van der Waals surface area (Å²) in [5.74, 6) is 1.26. The summed E-state index contributed by atoms with van der Waals surface area (Å²) in [6.45, 7) is 10.4. The topological polar surface area (TPSA) is 84.1 Å². The van der Waals surface area contributed by atoms with Crippen molar-refractivity contribution in [1.29, 1.82) is 0 Å². The highest BCUT2D eigenvalue weighted by Gasteiger charge is 2.25. The van der Waals surface area contributed by atoms with E-state index in [0.29, 0.717) is 38.8 Å². The minimum absolute atomic E-state index is 0.0272. The van der Waals surface area contributed by atoms with Crippen LogP contribution in [0.25, 0.3) is 0 Å². The first-order valence-electron chi connectivity index (χ1n) is 9.38. The van der Waals surface area contributed by atoms with Crippen LogP contribution >= 0.6 is 0 Å². The van der Waals surface area contributed by atoms with Crippen molar-refractivity contribution in [3.05, 3.63) is 18.0 Å². The Morgan fingerprint density at radius 1 is 1.50 bits per heavy atom. The van der Waals surface area contributed by atoms with Crippen molar-refractivity contribution in [2.75, 3.05) is 46.0 Å². The molecule has 0 saturated carbocycles. The largest absolute Gasteiger partial charge is 0.389 e. The molecule has 1 aliphatic heterocycles. The Hall–Kier alpha value is -1.64. The first-order chi connectivity index (χ1) is 12.5. The summed E-state index contributed by atoms with van der Waals surface area (Å²) < 4.78 is 13.2. The molecule has 1 saturated heterocycles. The molecule has 1 aliphatic rings. The summed E-state index contributed by atoms with van der Waals surface area (Å²) >= 11 is 0. The molecule has 1 fully saturated rings. The number of ether oxygens (including phenoxy) is 2. The minimum atomic E-state index is -0.599. The molecule has 2 heterocycles. The molecule has 0 aliphatic carbocycles. The van der Waals surface area contributed by atoms with Gasteiger partial charge in [-0.05, 0) is 12.8 Å². The maximum atomic E-state index is 10.1. The van der Waals surface area contributed by atoms with Gasteiger partial charge in [-0.25, -0.2) is 0 Å². The normalized spacial score (nSPS) is 19.8. The van der Waals surface area contributed by atoms with Crippen LogP contribution in [0, 0.1) is 5.92 Å². The first kappa shape index (κ1) is 20.7. The number of nitrogens with one attached hydrogen (secondary N) is 1. The molecule has 26 heavy (non-hydrogen) atoms. The molecule has 0 radical (unpaired) electrons. The van der Waals surface area contributed by atoms with Gasteiger partial charge in [0.15, 0.2) is 5.96 Å². The number of nitrogens with zero attached hydrogens (tertiary/aromatic N) is 4. The van der Waals surface area contributed by atoms with Gasteiger partial charge in [0, 0.05) is 38.5 Å². The molecular formula is C18H33N5O3. The van der Waals surface area contributed by atoms with Crippen LogP contribution in [0.3, 0.4) is 0 Å². The molecule has 8 nitrogen and oxygen atoms in total. The lowest BCUT2D eigenvalue weighted by Crippen LogP contribution is -2.48. The molecule has 2 unspecified atom stereocenters. The fraction of sp³-hybridized carbons (Fsp3) is 0.778. The van der Waals surface area contributed by atoms with Gasteiger partial charge in [-0.1, -0.05) is 13.8 Å². The second-order valence-corrected chi connectivity index (χ2v) is 7.03. The van der Waals surface area contributed by atoms with Crippen LogP contribution in [0.2, 0.25) is 0 Å². The van der Waals surface area contributed by atoms with Gasteiger partial charge < -0.3 is 24.8 Å². The fourth-order valence-electron chi connectivity index (χ4n) is 2.76. The number of aliphatic hydroxyl groups is 1. The molecule has 0 aromatic carbocycles. The summed E-state index contributed by atoms with van der Waals surface area (Å²) in [5.41, 5.74) is 1.06. The van der Waals surface area contributed by atoms with Gasteiger partial charge in [-0.2, -0.15) is 5.10 Å². The SMILES string of the molecule is CCNC(=NCC(O)COCC(C)C)N1CCOC(c2cnn(C)c2)C1. The molecule has 1 aromatic heterocycles. The predicted octanol–water partition coefficient (Wildman–Crippen LogP) is 0.792. The third-order valence-corrected chi connectivity index (χ3v) is 4.01. The summed E-state index contributed by atoms with van der Waals surface area (Å²) in [4.78, 5) is 6.77. The quantitative estimate of drug-likeness (QED) is 0.522. The van der Waals surface area contributed by atoms with E-state index in [9.17, 15) is 5.11 Å². The van der Waals surface area contributed by atoms with Gasteiger partial charge in [-0.15, -0.1) is 0 Å². The van der Waals surface area contributed by atoms with Crippen molar-refractivity contribution >= 4 is 5.96 Å². The lowest BCUT2D eigenvalue weighted by molar-refractivity contribution is -0.00829. The molecule has 2 N–H and O–H groups in total. The van der Waals surface area contributed by atoms with Crippen molar-refractivity contribution in [3.8, 4) is 0 Å². The first-order valence-corrected chi connectivity index (χ1v) is 9.38. The Labute approximate surface area is 156 Å². The highest BCUT2D eigenvalue weighted by molar-refractivity contribution is 5.80. The number of aromatic nitrogens is 2. The Bertz CT molecular complexity index is 561. The molecule has 148 valence electrons.